The van der Waals surface area contributed by atoms with Gasteiger partial charge in [-0.15, -0.1) is 0 Å². The topological polar surface area (TPSA) is 58.6 Å². The van der Waals surface area contributed by atoms with Crippen LogP contribution < -0.4 is 10.2 Å². The van der Waals surface area contributed by atoms with Gasteiger partial charge in [0.1, 0.15) is 0 Å². The summed E-state index contributed by atoms with van der Waals surface area (Å²) < 4.78 is 18.8. The normalized spacial score (nSPS) is 10.6. The summed E-state index contributed by atoms with van der Waals surface area (Å²) in [5.41, 5.74) is 1.96. The first kappa shape index (κ1) is 14.2. The molecule has 2 N–H and O–H groups in total. The van der Waals surface area contributed by atoms with E-state index in [-0.39, 0.29) is 5.75 Å². The van der Waals surface area contributed by atoms with Crippen LogP contribution in [0, 0.1) is 5.82 Å². The van der Waals surface area contributed by atoms with Crippen molar-refractivity contribution in [1.82, 2.24) is 5.48 Å². The van der Waals surface area contributed by atoms with E-state index in [9.17, 15) is 9.18 Å². The van der Waals surface area contributed by atoms with Gasteiger partial charge in [-0.25, -0.2) is 9.87 Å². The van der Waals surface area contributed by atoms with Gasteiger partial charge < -0.3 is 4.74 Å². The van der Waals surface area contributed by atoms with E-state index >= 15 is 0 Å². The van der Waals surface area contributed by atoms with Gasteiger partial charge in [0.15, 0.2) is 11.6 Å². The van der Waals surface area contributed by atoms with Crippen molar-refractivity contribution in [1.29, 1.82) is 0 Å². The summed E-state index contributed by atoms with van der Waals surface area (Å²) in [5.74, 6) is -0.941. The molecule has 18 heavy (non-hydrogen) atoms. The lowest BCUT2D eigenvalue weighted by Crippen LogP contribution is -2.14. The Kier molecular flexibility index (Phi) is 5.87. The third-order valence-electron chi connectivity index (χ3n) is 2.25. The summed E-state index contributed by atoms with van der Waals surface area (Å²) in [7, 11) is 0. The average molecular weight is 253 g/mol. The van der Waals surface area contributed by atoms with Crippen LogP contribution >= 0.6 is 0 Å². The molecule has 0 aromatic heterocycles. The molecule has 5 heteroatoms. The van der Waals surface area contributed by atoms with E-state index in [1.807, 2.05) is 6.92 Å². The maximum absolute atomic E-state index is 13.6. The number of carbonyl (C=O) groups excluding carboxylic acids is 1. The predicted octanol–water partition coefficient (Wildman–Crippen LogP) is 2.52. The van der Waals surface area contributed by atoms with Gasteiger partial charge in [0.2, 0.25) is 0 Å². The zero-order valence-corrected chi connectivity index (χ0v) is 10.1. The van der Waals surface area contributed by atoms with E-state index in [1.165, 1.54) is 23.7 Å². The lowest BCUT2D eigenvalue weighted by atomic mass is 10.2. The number of hydrogen-bond donors (Lipinski definition) is 2. The molecule has 0 radical (unpaired) electrons. The van der Waals surface area contributed by atoms with Gasteiger partial charge in [-0.3, -0.25) is 10.0 Å². The Bertz CT molecular complexity index is 432. The molecule has 0 atom stereocenters. The zero-order chi connectivity index (χ0) is 13.4. The van der Waals surface area contributed by atoms with Crippen molar-refractivity contribution in [2.24, 2.45) is 0 Å². The van der Waals surface area contributed by atoms with Crippen LogP contribution in [0.3, 0.4) is 0 Å². The molecule has 4 nitrogen and oxygen atoms in total. The molecule has 0 fully saturated rings. The van der Waals surface area contributed by atoms with E-state index in [0.717, 1.165) is 18.9 Å². The van der Waals surface area contributed by atoms with Gasteiger partial charge in [0.05, 0.1) is 6.61 Å². The number of nitrogens with one attached hydrogen (secondary N) is 1. The number of amides is 1. The molecule has 1 aromatic rings. The molecule has 0 bridgehead atoms. The van der Waals surface area contributed by atoms with Crippen LogP contribution in [0.15, 0.2) is 24.3 Å². The van der Waals surface area contributed by atoms with Crippen molar-refractivity contribution in [3.8, 4) is 5.75 Å². The maximum Gasteiger partial charge on any atom is 0.267 e. The number of unbranched alkanes of at least 4 members (excludes halogenated alkanes) is 1. The SMILES string of the molecule is CCCCOc1ccc(/C=C/C(=O)NO)cc1F. The van der Waals surface area contributed by atoms with Crippen LogP contribution in [0.25, 0.3) is 6.08 Å². The summed E-state index contributed by atoms with van der Waals surface area (Å²) in [6.45, 7) is 2.51. The van der Waals surface area contributed by atoms with E-state index < -0.39 is 11.7 Å². The summed E-state index contributed by atoms with van der Waals surface area (Å²) in [6.07, 6.45) is 4.35. The minimum atomic E-state index is -0.668. The third kappa shape index (κ3) is 4.55. The quantitative estimate of drug-likeness (QED) is 0.354. The third-order valence-corrected chi connectivity index (χ3v) is 2.25. The minimum Gasteiger partial charge on any atom is -0.491 e. The molecule has 1 amide bonds. The lowest BCUT2D eigenvalue weighted by molar-refractivity contribution is -0.124. The Morgan fingerprint density at radius 2 is 2.33 bits per heavy atom. The summed E-state index contributed by atoms with van der Waals surface area (Å²) in [6, 6.07) is 4.41. The molecular formula is C13H16FNO3. The Balaban J connectivity index is 2.67. The Morgan fingerprint density at radius 1 is 1.56 bits per heavy atom. The first-order valence-electron chi connectivity index (χ1n) is 5.72. The Morgan fingerprint density at radius 3 is 2.94 bits per heavy atom. The van der Waals surface area contributed by atoms with Crippen molar-refractivity contribution in [3.05, 3.63) is 35.7 Å². The summed E-state index contributed by atoms with van der Waals surface area (Å²) >= 11 is 0. The van der Waals surface area contributed by atoms with Crippen LogP contribution in [0.2, 0.25) is 0 Å². The second-order valence-electron chi connectivity index (χ2n) is 3.70. The van der Waals surface area contributed by atoms with Gasteiger partial charge in [-0.2, -0.15) is 0 Å². The standard InChI is InChI=1S/C13H16FNO3/c1-2-3-8-18-12-6-4-10(9-11(12)14)5-7-13(16)15-17/h4-7,9,17H,2-3,8H2,1H3,(H,15,16)/b7-5+. The molecule has 0 aliphatic rings. The maximum atomic E-state index is 13.6. The number of hydrogen-bond acceptors (Lipinski definition) is 3. The molecule has 0 saturated heterocycles. The highest BCUT2D eigenvalue weighted by Crippen LogP contribution is 2.19. The van der Waals surface area contributed by atoms with Gasteiger partial charge in [0, 0.05) is 6.08 Å². The van der Waals surface area contributed by atoms with Gasteiger partial charge in [-0.05, 0) is 30.2 Å². The average Bonchev–Trinajstić information content (AvgIpc) is 2.38. The fourth-order valence-corrected chi connectivity index (χ4v) is 1.27. The molecule has 0 unspecified atom stereocenters. The Hall–Kier alpha value is -1.88. The second kappa shape index (κ2) is 7.45. The van der Waals surface area contributed by atoms with E-state index in [2.05, 4.69) is 0 Å². The number of halogens is 1. The highest BCUT2D eigenvalue weighted by atomic mass is 19.1. The van der Waals surface area contributed by atoms with E-state index in [4.69, 9.17) is 9.94 Å². The van der Waals surface area contributed by atoms with Crippen molar-refractivity contribution < 1.29 is 19.1 Å². The Labute approximate surface area is 105 Å². The van der Waals surface area contributed by atoms with Crippen LogP contribution in [-0.2, 0) is 4.79 Å². The number of benzene rings is 1. The van der Waals surface area contributed by atoms with Gasteiger partial charge >= 0.3 is 0 Å². The van der Waals surface area contributed by atoms with Crippen molar-refractivity contribution in [3.63, 3.8) is 0 Å². The highest BCUT2D eigenvalue weighted by Gasteiger charge is 2.03. The monoisotopic (exact) mass is 253 g/mol. The van der Waals surface area contributed by atoms with Crippen molar-refractivity contribution in [2.75, 3.05) is 6.61 Å². The first-order valence-corrected chi connectivity index (χ1v) is 5.72. The van der Waals surface area contributed by atoms with Gasteiger partial charge in [0.25, 0.3) is 5.91 Å². The summed E-state index contributed by atoms with van der Waals surface area (Å²) in [5, 5.41) is 8.29. The fraction of sp³-hybridized carbons (Fsp3) is 0.308. The molecule has 0 aliphatic carbocycles. The van der Waals surface area contributed by atoms with Gasteiger partial charge in [-0.1, -0.05) is 19.4 Å². The predicted molar refractivity (Wildman–Crippen MR) is 65.8 cm³/mol. The zero-order valence-electron chi connectivity index (χ0n) is 10.1. The molecule has 0 heterocycles. The summed E-state index contributed by atoms with van der Waals surface area (Å²) in [4.78, 5) is 10.7. The molecule has 0 spiro atoms. The number of rotatable bonds is 6. The van der Waals surface area contributed by atoms with E-state index in [1.54, 1.807) is 6.07 Å². The molecule has 0 aliphatic heterocycles. The molecule has 1 aromatic carbocycles. The van der Waals surface area contributed by atoms with Crippen LogP contribution in [0.5, 0.6) is 5.75 Å². The second-order valence-corrected chi connectivity index (χ2v) is 3.70. The van der Waals surface area contributed by atoms with E-state index in [0.29, 0.717) is 12.2 Å². The number of hydroxylamine groups is 1. The fourth-order valence-electron chi connectivity index (χ4n) is 1.27. The molecule has 98 valence electrons. The largest absolute Gasteiger partial charge is 0.491 e. The molecular weight excluding hydrogens is 237 g/mol. The smallest absolute Gasteiger partial charge is 0.267 e. The minimum absolute atomic E-state index is 0.201. The molecule has 1 rings (SSSR count). The molecule has 0 saturated carbocycles. The van der Waals surface area contributed by atoms with Crippen LogP contribution in [0.1, 0.15) is 25.3 Å². The first-order chi connectivity index (χ1) is 8.67. The highest BCUT2D eigenvalue weighted by molar-refractivity contribution is 5.90. The van der Waals surface area contributed by atoms with Crippen LogP contribution in [0.4, 0.5) is 4.39 Å². The van der Waals surface area contributed by atoms with Crippen molar-refractivity contribution in [2.45, 2.75) is 19.8 Å². The number of ether oxygens (including phenoxy) is 1. The number of carbonyl (C=O) groups is 1. The van der Waals surface area contributed by atoms with Crippen LogP contribution in [-0.4, -0.2) is 17.7 Å². The van der Waals surface area contributed by atoms with Crippen molar-refractivity contribution >= 4 is 12.0 Å². The lowest BCUT2D eigenvalue weighted by Gasteiger charge is -2.06.